The SMILES string of the molecule is Cc1ccc(CCNC(=O)NC2COc3ccc(F)cc3C2)nc1. The molecule has 3 rings (SSSR count). The third-order valence-corrected chi connectivity index (χ3v) is 3.90. The molecule has 0 fully saturated rings. The molecule has 0 spiro atoms. The van der Waals surface area contributed by atoms with Gasteiger partial charge in [0, 0.05) is 24.9 Å². The lowest BCUT2D eigenvalue weighted by atomic mass is 10.0. The zero-order valence-corrected chi connectivity index (χ0v) is 13.5. The largest absolute Gasteiger partial charge is 0.491 e. The first-order valence-electron chi connectivity index (χ1n) is 7.97. The normalized spacial score (nSPS) is 16.0. The third-order valence-electron chi connectivity index (χ3n) is 3.90. The van der Waals surface area contributed by atoms with Crippen molar-refractivity contribution < 1.29 is 13.9 Å². The van der Waals surface area contributed by atoms with Crippen molar-refractivity contribution in [2.45, 2.75) is 25.8 Å². The fourth-order valence-corrected chi connectivity index (χ4v) is 2.64. The Bertz CT molecular complexity index is 719. The second-order valence-electron chi connectivity index (χ2n) is 5.94. The van der Waals surface area contributed by atoms with Crippen molar-refractivity contribution in [3.05, 3.63) is 59.2 Å². The first-order chi connectivity index (χ1) is 11.6. The summed E-state index contributed by atoms with van der Waals surface area (Å²) in [5.41, 5.74) is 2.82. The highest BCUT2D eigenvalue weighted by molar-refractivity contribution is 5.74. The predicted molar refractivity (Wildman–Crippen MR) is 88.6 cm³/mol. The molecule has 2 amide bonds. The van der Waals surface area contributed by atoms with Crippen molar-refractivity contribution in [1.82, 2.24) is 15.6 Å². The van der Waals surface area contributed by atoms with Gasteiger partial charge >= 0.3 is 6.03 Å². The lowest BCUT2D eigenvalue weighted by Gasteiger charge is -2.26. The highest BCUT2D eigenvalue weighted by atomic mass is 19.1. The molecule has 1 aromatic carbocycles. The number of pyridine rings is 1. The van der Waals surface area contributed by atoms with E-state index in [-0.39, 0.29) is 17.9 Å². The second-order valence-corrected chi connectivity index (χ2v) is 5.94. The standard InChI is InChI=1S/C18H20FN3O2/c1-12-2-4-15(21-10-12)6-7-20-18(23)22-16-9-13-8-14(19)3-5-17(13)24-11-16/h2-5,8,10,16H,6-7,9,11H2,1H3,(H2,20,22,23). The van der Waals surface area contributed by atoms with Gasteiger partial charge in [-0.25, -0.2) is 9.18 Å². The Morgan fingerprint density at radius 2 is 2.25 bits per heavy atom. The maximum atomic E-state index is 13.3. The number of nitrogens with zero attached hydrogens (tertiary/aromatic N) is 1. The molecule has 1 atom stereocenters. The molecular formula is C18H20FN3O2. The van der Waals surface area contributed by atoms with Gasteiger partial charge < -0.3 is 15.4 Å². The predicted octanol–water partition coefficient (Wildman–Crippen LogP) is 2.37. The molecule has 1 unspecified atom stereocenters. The van der Waals surface area contributed by atoms with E-state index >= 15 is 0 Å². The number of fused-ring (bicyclic) bond motifs is 1. The van der Waals surface area contributed by atoms with Gasteiger partial charge in [-0.1, -0.05) is 6.07 Å². The van der Waals surface area contributed by atoms with Gasteiger partial charge in [-0.15, -0.1) is 0 Å². The van der Waals surface area contributed by atoms with Crippen LogP contribution in [0.2, 0.25) is 0 Å². The van der Waals surface area contributed by atoms with Crippen molar-refractivity contribution in [3.63, 3.8) is 0 Å². The van der Waals surface area contributed by atoms with Crippen molar-refractivity contribution in [1.29, 1.82) is 0 Å². The summed E-state index contributed by atoms with van der Waals surface area (Å²) in [5.74, 6) is 0.383. The van der Waals surface area contributed by atoms with Crippen LogP contribution < -0.4 is 15.4 Å². The van der Waals surface area contributed by atoms with E-state index in [1.807, 2.05) is 25.3 Å². The van der Waals surface area contributed by atoms with Gasteiger partial charge in [0.1, 0.15) is 18.2 Å². The Kier molecular flexibility index (Phi) is 4.93. The molecule has 6 heteroatoms. The van der Waals surface area contributed by atoms with Gasteiger partial charge in [0.05, 0.1) is 6.04 Å². The topological polar surface area (TPSA) is 63.2 Å². The lowest BCUT2D eigenvalue weighted by Crippen LogP contribution is -2.47. The summed E-state index contributed by atoms with van der Waals surface area (Å²) in [7, 11) is 0. The minimum Gasteiger partial charge on any atom is -0.491 e. The zero-order valence-electron chi connectivity index (χ0n) is 13.5. The average Bonchev–Trinajstić information content (AvgIpc) is 2.56. The molecule has 1 aliphatic heterocycles. The Morgan fingerprint density at radius 3 is 3.04 bits per heavy atom. The van der Waals surface area contributed by atoms with Gasteiger partial charge in [0.15, 0.2) is 0 Å². The number of urea groups is 1. The van der Waals surface area contributed by atoms with Crippen molar-refractivity contribution in [3.8, 4) is 5.75 Å². The number of rotatable bonds is 4. The molecular weight excluding hydrogens is 309 g/mol. The first-order valence-corrected chi connectivity index (χ1v) is 7.97. The molecule has 1 aliphatic rings. The van der Waals surface area contributed by atoms with Gasteiger partial charge in [-0.3, -0.25) is 4.98 Å². The van der Waals surface area contributed by atoms with Crippen molar-refractivity contribution in [2.75, 3.05) is 13.2 Å². The number of benzene rings is 1. The van der Waals surface area contributed by atoms with Crippen LogP contribution in [0.3, 0.4) is 0 Å². The van der Waals surface area contributed by atoms with Crippen LogP contribution >= 0.6 is 0 Å². The second kappa shape index (κ2) is 7.29. The van der Waals surface area contributed by atoms with Crippen LogP contribution in [0.4, 0.5) is 9.18 Å². The van der Waals surface area contributed by atoms with E-state index in [1.165, 1.54) is 12.1 Å². The maximum Gasteiger partial charge on any atom is 0.315 e. The summed E-state index contributed by atoms with van der Waals surface area (Å²) in [5, 5.41) is 5.67. The lowest BCUT2D eigenvalue weighted by molar-refractivity contribution is 0.214. The van der Waals surface area contributed by atoms with Crippen molar-refractivity contribution in [2.24, 2.45) is 0 Å². The number of ether oxygens (including phenoxy) is 1. The van der Waals surface area contributed by atoms with Crippen LogP contribution in [0.1, 0.15) is 16.8 Å². The first kappa shape index (κ1) is 16.2. The third kappa shape index (κ3) is 4.22. The van der Waals surface area contributed by atoms with Crippen LogP contribution in [0.25, 0.3) is 0 Å². The molecule has 0 saturated heterocycles. The van der Waals surface area contributed by atoms with E-state index in [2.05, 4.69) is 15.6 Å². The van der Waals surface area contributed by atoms with E-state index < -0.39 is 0 Å². The number of aromatic nitrogens is 1. The molecule has 1 aromatic heterocycles. The van der Waals surface area contributed by atoms with Gasteiger partial charge in [0.25, 0.3) is 0 Å². The minimum absolute atomic E-state index is 0.170. The molecule has 126 valence electrons. The summed E-state index contributed by atoms with van der Waals surface area (Å²) in [6.07, 6.45) is 3.04. The van der Waals surface area contributed by atoms with E-state index in [0.29, 0.717) is 31.7 Å². The molecule has 0 aliphatic carbocycles. The molecule has 2 heterocycles. The Hall–Kier alpha value is -2.63. The van der Waals surface area contributed by atoms with E-state index in [9.17, 15) is 9.18 Å². The van der Waals surface area contributed by atoms with Crippen LogP contribution in [0.15, 0.2) is 36.5 Å². The average molecular weight is 329 g/mol. The summed E-state index contributed by atoms with van der Waals surface area (Å²) in [4.78, 5) is 16.3. The van der Waals surface area contributed by atoms with Crippen LogP contribution in [-0.2, 0) is 12.8 Å². The number of hydrogen-bond donors (Lipinski definition) is 2. The fourth-order valence-electron chi connectivity index (χ4n) is 2.64. The monoisotopic (exact) mass is 329 g/mol. The van der Waals surface area contributed by atoms with Crippen LogP contribution in [-0.4, -0.2) is 30.2 Å². The number of amides is 2. The summed E-state index contributed by atoms with van der Waals surface area (Å²) in [6.45, 7) is 2.87. The molecule has 2 aromatic rings. The smallest absolute Gasteiger partial charge is 0.315 e. The van der Waals surface area contributed by atoms with Crippen molar-refractivity contribution >= 4 is 6.03 Å². The number of carbonyl (C=O) groups is 1. The van der Waals surface area contributed by atoms with Gasteiger partial charge in [0.2, 0.25) is 0 Å². The quantitative estimate of drug-likeness (QED) is 0.905. The Balaban J connectivity index is 1.44. The highest BCUT2D eigenvalue weighted by Gasteiger charge is 2.21. The Labute approximate surface area is 140 Å². The van der Waals surface area contributed by atoms with E-state index in [0.717, 1.165) is 16.8 Å². The molecule has 24 heavy (non-hydrogen) atoms. The fraction of sp³-hybridized carbons (Fsp3) is 0.333. The molecule has 2 N–H and O–H groups in total. The number of aryl methyl sites for hydroxylation is 1. The zero-order chi connectivity index (χ0) is 16.9. The number of carbonyl (C=O) groups excluding carboxylic acids is 1. The molecule has 0 saturated carbocycles. The number of nitrogens with one attached hydrogen (secondary N) is 2. The summed E-state index contributed by atoms with van der Waals surface area (Å²) >= 11 is 0. The maximum absolute atomic E-state index is 13.3. The van der Waals surface area contributed by atoms with Crippen LogP contribution in [0, 0.1) is 12.7 Å². The number of hydrogen-bond acceptors (Lipinski definition) is 3. The summed E-state index contributed by atoms with van der Waals surface area (Å²) in [6, 6.07) is 7.97. The number of halogens is 1. The van der Waals surface area contributed by atoms with Gasteiger partial charge in [-0.05, 0) is 48.7 Å². The molecule has 0 radical (unpaired) electrons. The Morgan fingerprint density at radius 1 is 1.38 bits per heavy atom. The van der Waals surface area contributed by atoms with E-state index in [4.69, 9.17) is 4.74 Å². The minimum atomic E-state index is -0.298. The molecule has 5 nitrogen and oxygen atoms in total. The summed E-state index contributed by atoms with van der Waals surface area (Å²) < 4.78 is 18.8. The highest BCUT2D eigenvalue weighted by Crippen LogP contribution is 2.25. The van der Waals surface area contributed by atoms with E-state index in [1.54, 1.807) is 6.07 Å². The molecule has 0 bridgehead atoms. The van der Waals surface area contributed by atoms with Gasteiger partial charge in [-0.2, -0.15) is 0 Å². The van der Waals surface area contributed by atoms with Crippen LogP contribution in [0.5, 0.6) is 5.75 Å².